The fourth-order valence-electron chi connectivity index (χ4n) is 3.05. The molecular weight excluding hydrogens is 346 g/mol. The standard InChI is InChI=1S/C20H23N3O4/c1-2-18(24)21-17-5-3-4-14(12-17)19(25)22-16-6-9-23(10-7-16)20(26)15-8-11-27-13-15/h3-5,8,11-13,16H,2,6-7,9-10H2,1H3,(H,21,24)(H,22,25). The lowest BCUT2D eigenvalue weighted by Gasteiger charge is -2.32. The van der Waals surface area contributed by atoms with Gasteiger partial charge in [0.2, 0.25) is 5.91 Å². The van der Waals surface area contributed by atoms with Crippen molar-refractivity contribution in [2.24, 2.45) is 0 Å². The summed E-state index contributed by atoms with van der Waals surface area (Å²) in [6, 6.07) is 8.55. The Morgan fingerprint density at radius 2 is 1.93 bits per heavy atom. The van der Waals surface area contributed by atoms with Crippen molar-refractivity contribution in [3.63, 3.8) is 0 Å². The Balaban J connectivity index is 1.53. The van der Waals surface area contributed by atoms with Crippen LogP contribution in [0.2, 0.25) is 0 Å². The summed E-state index contributed by atoms with van der Waals surface area (Å²) >= 11 is 0. The zero-order valence-electron chi connectivity index (χ0n) is 15.2. The van der Waals surface area contributed by atoms with Gasteiger partial charge in [0.05, 0.1) is 11.8 Å². The highest BCUT2D eigenvalue weighted by atomic mass is 16.3. The van der Waals surface area contributed by atoms with Gasteiger partial charge < -0.3 is 20.0 Å². The predicted molar refractivity (Wildman–Crippen MR) is 100 cm³/mol. The van der Waals surface area contributed by atoms with Crippen molar-refractivity contribution in [2.75, 3.05) is 18.4 Å². The van der Waals surface area contributed by atoms with Gasteiger partial charge in [-0.25, -0.2) is 0 Å². The molecule has 1 aliphatic rings. The molecule has 0 spiro atoms. The number of likely N-dealkylation sites (tertiary alicyclic amines) is 1. The minimum atomic E-state index is -0.179. The van der Waals surface area contributed by atoms with E-state index >= 15 is 0 Å². The number of hydrogen-bond acceptors (Lipinski definition) is 4. The second-order valence-corrected chi connectivity index (χ2v) is 6.53. The van der Waals surface area contributed by atoms with Crippen LogP contribution in [0.25, 0.3) is 0 Å². The molecule has 0 atom stereocenters. The number of benzene rings is 1. The maximum atomic E-state index is 12.5. The van der Waals surface area contributed by atoms with Gasteiger partial charge in [0, 0.05) is 36.8 Å². The van der Waals surface area contributed by atoms with Gasteiger partial charge >= 0.3 is 0 Å². The van der Waals surface area contributed by atoms with E-state index in [0.29, 0.717) is 49.2 Å². The third kappa shape index (κ3) is 4.75. The summed E-state index contributed by atoms with van der Waals surface area (Å²) in [7, 11) is 0. The average molecular weight is 369 g/mol. The molecule has 1 aromatic carbocycles. The maximum absolute atomic E-state index is 12.5. The molecular formula is C20H23N3O4. The zero-order chi connectivity index (χ0) is 19.2. The molecule has 0 unspecified atom stereocenters. The molecule has 1 fully saturated rings. The van der Waals surface area contributed by atoms with E-state index in [0.717, 1.165) is 0 Å². The van der Waals surface area contributed by atoms with Crippen molar-refractivity contribution in [3.8, 4) is 0 Å². The van der Waals surface area contributed by atoms with E-state index in [4.69, 9.17) is 4.42 Å². The quantitative estimate of drug-likeness (QED) is 0.848. The van der Waals surface area contributed by atoms with Crippen LogP contribution in [0.3, 0.4) is 0 Å². The Morgan fingerprint density at radius 3 is 2.59 bits per heavy atom. The monoisotopic (exact) mass is 369 g/mol. The second kappa shape index (κ2) is 8.53. The summed E-state index contributed by atoms with van der Waals surface area (Å²) < 4.78 is 4.96. The molecule has 1 aromatic heterocycles. The number of hydrogen-bond donors (Lipinski definition) is 2. The molecule has 7 nitrogen and oxygen atoms in total. The summed E-state index contributed by atoms with van der Waals surface area (Å²) in [6.07, 6.45) is 4.70. The van der Waals surface area contributed by atoms with Crippen molar-refractivity contribution in [2.45, 2.75) is 32.2 Å². The maximum Gasteiger partial charge on any atom is 0.257 e. The number of carbonyl (C=O) groups is 3. The first-order valence-electron chi connectivity index (χ1n) is 9.09. The Hall–Kier alpha value is -3.09. The Labute approximate surface area is 157 Å². The van der Waals surface area contributed by atoms with Crippen LogP contribution in [-0.4, -0.2) is 41.8 Å². The number of furan rings is 1. The molecule has 0 bridgehead atoms. The number of rotatable bonds is 5. The average Bonchev–Trinajstić information content (AvgIpc) is 3.23. The Bertz CT molecular complexity index is 808. The third-order valence-electron chi connectivity index (χ3n) is 4.62. The molecule has 1 aliphatic heterocycles. The molecule has 0 saturated carbocycles. The SMILES string of the molecule is CCC(=O)Nc1cccc(C(=O)NC2CCN(C(=O)c3ccoc3)CC2)c1. The number of piperidine rings is 1. The van der Waals surface area contributed by atoms with E-state index < -0.39 is 0 Å². The molecule has 1 saturated heterocycles. The lowest BCUT2D eigenvalue weighted by Crippen LogP contribution is -2.46. The topological polar surface area (TPSA) is 91.7 Å². The molecule has 7 heteroatoms. The van der Waals surface area contributed by atoms with E-state index in [-0.39, 0.29) is 23.8 Å². The van der Waals surface area contributed by atoms with Crippen LogP contribution in [0, 0.1) is 0 Å². The lowest BCUT2D eigenvalue weighted by atomic mass is 10.0. The summed E-state index contributed by atoms with van der Waals surface area (Å²) in [6.45, 7) is 2.94. The van der Waals surface area contributed by atoms with Crippen LogP contribution in [0.4, 0.5) is 5.69 Å². The highest BCUT2D eigenvalue weighted by Crippen LogP contribution is 2.16. The Kier molecular flexibility index (Phi) is 5.90. The molecule has 0 radical (unpaired) electrons. The van der Waals surface area contributed by atoms with Crippen molar-refractivity contribution in [3.05, 3.63) is 54.0 Å². The largest absolute Gasteiger partial charge is 0.472 e. The number of nitrogens with zero attached hydrogens (tertiary/aromatic N) is 1. The van der Waals surface area contributed by atoms with Gasteiger partial charge in [0.1, 0.15) is 6.26 Å². The summed E-state index contributed by atoms with van der Waals surface area (Å²) in [4.78, 5) is 38.1. The Morgan fingerprint density at radius 1 is 1.15 bits per heavy atom. The zero-order valence-corrected chi connectivity index (χ0v) is 15.2. The van der Waals surface area contributed by atoms with Gasteiger partial charge in [0.15, 0.2) is 0 Å². The van der Waals surface area contributed by atoms with E-state index in [1.807, 2.05) is 0 Å². The van der Waals surface area contributed by atoms with Crippen LogP contribution in [0.5, 0.6) is 0 Å². The normalized spacial score (nSPS) is 14.6. The number of nitrogens with one attached hydrogen (secondary N) is 2. The van der Waals surface area contributed by atoms with Crippen LogP contribution in [0.15, 0.2) is 47.3 Å². The minimum Gasteiger partial charge on any atom is -0.472 e. The first-order chi connectivity index (χ1) is 13.1. The van der Waals surface area contributed by atoms with Gasteiger partial charge in [-0.05, 0) is 37.1 Å². The van der Waals surface area contributed by atoms with Crippen molar-refractivity contribution < 1.29 is 18.8 Å². The predicted octanol–water partition coefficient (Wildman–Crippen LogP) is 2.66. The molecule has 2 aromatic rings. The molecule has 27 heavy (non-hydrogen) atoms. The highest BCUT2D eigenvalue weighted by molar-refractivity contribution is 5.97. The van der Waals surface area contributed by atoms with E-state index in [2.05, 4.69) is 10.6 Å². The van der Waals surface area contributed by atoms with Gasteiger partial charge in [-0.15, -0.1) is 0 Å². The van der Waals surface area contributed by atoms with Crippen molar-refractivity contribution in [1.82, 2.24) is 10.2 Å². The fourth-order valence-corrected chi connectivity index (χ4v) is 3.05. The molecule has 3 amide bonds. The van der Waals surface area contributed by atoms with Crippen molar-refractivity contribution >= 4 is 23.4 Å². The summed E-state index contributed by atoms with van der Waals surface area (Å²) in [5, 5.41) is 5.77. The number of carbonyl (C=O) groups excluding carboxylic acids is 3. The first kappa shape index (κ1) is 18.7. The molecule has 3 rings (SSSR count). The summed E-state index contributed by atoms with van der Waals surface area (Å²) in [5.74, 6) is -0.322. The molecule has 0 aliphatic carbocycles. The second-order valence-electron chi connectivity index (χ2n) is 6.53. The van der Waals surface area contributed by atoms with Crippen LogP contribution in [-0.2, 0) is 4.79 Å². The number of anilines is 1. The van der Waals surface area contributed by atoms with Gasteiger partial charge in [-0.2, -0.15) is 0 Å². The van der Waals surface area contributed by atoms with Gasteiger partial charge in [-0.3, -0.25) is 14.4 Å². The van der Waals surface area contributed by atoms with Gasteiger partial charge in [-0.1, -0.05) is 13.0 Å². The minimum absolute atomic E-state index is 0.0137. The molecule has 2 heterocycles. The number of amides is 3. The van der Waals surface area contributed by atoms with Gasteiger partial charge in [0.25, 0.3) is 11.8 Å². The van der Waals surface area contributed by atoms with E-state index in [1.165, 1.54) is 12.5 Å². The highest BCUT2D eigenvalue weighted by Gasteiger charge is 2.25. The van der Waals surface area contributed by atoms with E-state index in [9.17, 15) is 14.4 Å². The fraction of sp³-hybridized carbons (Fsp3) is 0.350. The lowest BCUT2D eigenvalue weighted by molar-refractivity contribution is -0.115. The first-order valence-corrected chi connectivity index (χ1v) is 9.09. The van der Waals surface area contributed by atoms with Crippen molar-refractivity contribution in [1.29, 1.82) is 0 Å². The molecule has 142 valence electrons. The van der Waals surface area contributed by atoms with E-state index in [1.54, 1.807) is 42.2 Å². The smallest absolute Gasteiger partial charge is 0.257 e. The van der Waals surface area contributed by atoms with Crippen LogP contribution in [0.1, 0.15) is 46.9 Å². The van der Waals surface area contributed by atoms with Crippen LogP contribution >= 0.6 is 0 Å². The molecule has 2 N–H and O–H groups in total. The third-order valence-corrected chi connectivity index (χ3v) is 4.62. The van der Waals surface area contributed by atoms with Crippen LogP contribution < -0.4 is 10.6 Å². The summed E-state index contributed by atoms with van der Waals surface area (Å²) in [5.41, 5.74) is 1.65.